The Morgan fingerprint density at radius 3 is 2.75 bits per heavy atom. The summed E-state index contributed by atoms with van der Waals surface area (Å²) in [5.41, 5.74) is 1.57. The molecule has 5 nitrogen and oxygen atoms in total. The van der Waals surface area contributed by atoms with Crippen LogP contribution in [0, 0.1) is 0 Å². The first kappa shape index (κ1) is 8.84. The van der Waals surface area contributed by atoms with Gasteiger partial charge in [-0.15, -0.1) is 0 Å². The monoisotopic (exact) mass is 212 g/mol. The lowest BCUT2D eigenvalue weighted by Crippen LogP contribution is -2.03. The lowest BCUT2D eigenvalue weighted by molar-refractivity contribution is 0.753. The van der Waals surface area contributed by atoms with Crippen molar-refractivity contribution in [3.05, 3.63) is 53.1 Å². The van der Waals surface area contributed by atoms with Crippen molar-refractivity contribution in [3.63, 3.8) is 0 Å². The van der Waals surface area contributed by atoms with E-state index in [9.17, 15) is 4.79 Å². The summed E-state index contributed by atoms with van der Waals surface area (Å²) in [7, 11) is 0. The highest BCUT2D eigenvalue weighted by Gasteiger charge is 2.02. The molecular weight excluding hydrogens is 204 g/mol. The Hall–Kier alpha value is -2.43. The summed E-state index contributed by atoms with van der Waals surface area (Å²) in [5.74, 6) is 0. The first-order valence-electron chi connectivity index (χ1n) is 4.83. The van der Waals surface area contributed by atoms with Crippen LogP contribution in [0.4, 0.5) is 0 Å². The second-order valence-electron chi connectivity index (χ2n) is 3.39. The van der Waals surface area contributed by atoms with Gasteiger partial charge in [0.2, 0.25) is 0 Å². The van der Waals surface area contributed by atoms with Gasteiger partial charge in [0.05, 0.1) is 18.1 Å². The third-order valence-corrected chi connectivity index (χ3v) is 2.39. The van der Waals surface area contributed by atoms with Crippen molar-refractivity contribution in [2.24, 2.45) is 0 Å². The predicted molar refractivity (Wildman–Crippen MR) is 59.5 cm³/mol. The predicted octanol–water partition coefficient (Wildman–Crippen LogP) is 1.11. The Bertz CT molecular complexity index is 685. The fraction of sp³-hybridized carbons (Fsp3) is 0. The van der Waals surface area contributed by atoms with Crippen molar-refractivity contribution in [2.45, 2.75) is 0 Å². The number of fused-ring (bicyclic) bond motifs is 1. The maximum Gasteiger partial charge on any atom is 0.189 e. The highest BCUT2D eigenvalue weighted by molar-refractivity contribution is 5.80. The van der Waals surface area contributed by atoms with E-state index in [1.807, 2.05) is 12.1 Å². The van der Waals surface area contributed by atoms with Crippen molar-refractivity contribution in [3.8, 4) is 5.69 Å². The molecule has 0 saturated heterocycles. The van der Waals surface area contributed by atoms with Crippen LogP contribution in [0.1, 0.15) is 0 Å². The summed E-state index contributed by atoms with van der Waals surface area (Å²) in [6.07, 6.45) is 4.83. The molecule has 0 bridgehead atoms. The second kappa shape index (κ2) is 3.30. The number of aromatic amines is 1. The molecule has 0 radical (unpaired) electrons. The molecular formula is C11H8N4O. The van der Waals surface area contributed by atoms with Gasteiger partial charge in [0.15, 0.2) is 5.43 Å². The van der Waals surface area contributed by atoms with Crippen LogP contribution in [0.2, 0.25) is 0 Å². The van der Waals surface area contributed by atoms with Gasteiger partial charge in [0.1, 0.15) is 0 Å². The highest BCUT2D eigenvalue weighted by atomic mass is 16.1. The van der Waals surface area contributed by atoms with Gasteiger partial charge in [-0.05, 0) is 18.2 Å². The lowest BCUT2D eigenvalue weighted by Gasteiger charge is -2.01. The molecule has 0 unspecified atom stereocenters. The van der Waals surface area contributed by atoms with Crippen LogP contribution in [0.3, 0.4) is 0 Å². The zero-order valence-corrected chi connectivity index (χ0v) is 8.29. The molecule has 0 atom stereocenters. The van der Waals surface area contributed by atoms with E-state index in [0.717, 1.165) is 11.2 Å². The second-order valence-corrected chi connectivity index (χ2v) is 3.39. The van der Waals surface area contributed by atoms with Crippen LogP contribution in [0.15, 0.2) is 47.7 Å². The van der Waals surface area contributed by atoms with E-state index < -0.39 is 0 Å². The van der Waals surface area contributed by atoms with Crippen molar-refractivity contribution in [1.29, 1.82) is 0 Å². The Morgan fingerprint density at radius 1 is 1.12 bits per heavy atom. The molecule has 0 saturated carbocycles. The standard InChI is InChI=1S/C11H8N4O/c16-11-3-4-12-10-2-1-8(7-9(10)11)15-13-5-6-14-15/h1-7H,(H,12,16). The van der Waals surface area contributed by atoms with Gasteiger partial charge in [0, 0.05) is 23.2 Å². The average Bonchev–Trinajstić information content (AvgIpc) is 2.83. The van der Waals surface area contributed by atoms with Crippen molar-refractivity contribution in [1.82, 2.24) is 20.0 Å². The number of rotatable bonds is 1. The maximum absolute atomic E-state index is 11.6. The first-order chi connectivity index (χ1) is 7.84. The third kappa shape index (κ3) is 1.30. The van der Waals surface area contributed by atoms with Crippen LogP contribution in [-0.2, 0) is 0 Å². The van der Waals surface area contributed by atoms with Gasteiger partial charge < -0.3 is 4.98 Å². The van der Waals surface area contributed by atoms with Gasteiger partial charge in [-0.2, -0.15) is 15.0 Å². The fourth-order valence-electron chi connectivity index (χ4n) is 1.63. The quantitative estimate of drug-likeness (QED) is 0.657. The molecule has 0 aliphatic rings. The zero-order chi connectivity index (χ0) is 11.0. The molecule has 1 aromatic carbocycles. The average molecular weight is 212 g/mol. The first-order valence-corrected chi connectivity index (χ1v) is 4.83. The summed E-state index contributed by atoms with van der Waals surface area (Å²) in [4.78, 5) is 16.1. The molecule has 1 N–H and O–H groups in total. The fourth-order valence-corrected chi connectivity index (χ4v) is 1.63. The number of aromatic nitrogens is 4. The molecule has 5 heteroatoms. The molecule has 2 aromatic heterocycles. The minimum Gasteiger partial charge on any atom is -0.361 e. The van der Waals surface area contributed by atoms with Gasteiger partial charge in [0.25, 0.3) is 0 Å². The van der Waals surface area contributed by atoms with Gasteiger partial charge in [-0.1, -0.05) is 0 Å². The van der Waals surface area contributed by atoms with Crippen molar-refractivity contribution < 1.29 is 0 Å². The number of benzene rings is 1. The summed E-state index contributed by atoms with van der Waals surface area (Å²) in [6.45, 7) is 0. The molecule has 0 aliphatic heterocycles. The topological polar surface area (TPSA) is 63.6 Å². The Labute approximate surface area is 90.3 Å². The Kier molecular flexibility index (Phi) is 1.83. The largest absolute Gasteiger partial charge is 0.361 e. The van der Waals surface area contributed by atoms with E-state index in [0.29, 0.717) is 5.39 Å². The summed E-state index contributed by atoms with van der Waals surface area (Å²) >= 11 is 0. The zero-order valence-electron chi connectivity index (χ0n) is 8.29. The van der Waals surface area contributed by atoms with Gasteiger partial charge >= 0.3 is 0 Å². The lowest BCUT2D eigenvalue weighted by atomic mass is 10.2. The number of hydrogen-bond acceptors (Lipinski definition) is 3. The number of pyridine rings is 1. The third-order valence-electron chi connectivity index (χ3n) is 2.39. The van der Waals surface area contributed by atoms with Crippen molar-refractivity contribution in [2.75, 3.05) is 0 Å². The van der Waals surface area contributed by atoms with Crippen molar-refractivity contribution >= 4 is 10.9 Å². The minimum absolute atomic E-state index is 0.0113. The van der Waals surface area contributed by atoms with E-state index in [1.54, 1.807) is 24.7 Å². The number of H-pyrrole nitrogens is 1. The Morgan fingerprint density at radius 2 is 1.94 bits per heavy atom. The summed E-state index contributed by atoms with van der Waals surface area (Å²) in [6, 6.07) is 6.98. The van der Waals surface area contributed by atoms with Crippen LogP contribution >= 0.6 is 0 Å². The molecule has 2 heterocycles. The number of nitrogens with zero attached hydrogens (tertiary/aromatic N) is 3. The number of hydrogen-bond donors (Lipinski definition) is 1. The Balaban J connectivity index is 2.31. The smallest absolute Gasteiger partial charge is 0.189 e. The molecule has 0 fully saturated rings. The molecule has 3 rings (SSSR count). The van der Waals surface area contributed by atoms with E-state index in [4.69, 9.17) is 0 Å². The van der Waals surface area contributed by atoms with Crippen LogP contribution in [-0.4, -0.2) is 20.0 Å². The summed E-state index contributed by atoms with van der Waals surface area (Å²) in [5, 5.41) is 8.67. The highest BCUT2D eigenvalue weighted by Crippen LogP contribution is 2.11. The molecule has 0 aliphatic carbocycles. The van der Waals surface area contributed by atoms with E-state index in [-0.39, 0.29) is 5.43 Å². The minimum atomic E-state index is -0.0113. The molecule has 0 amide bonds. The van der Waals surface area contributed by atoms with E-state index in [1.165, 1.54) is 10.9 Å². The maximum atomic E-state index is 11.6. The van der Waals surface area contributed by atoms with Crippen LogP contribution in [0.5, 0.6) is 0 Å². The molecule has 16 heavy (non-hydrogen) atoms. The van der Waals surface area contributed by atoms with Crippen LogP contribution < -0.4 is 5.43 Å². The van der Waals surface area contributed by atoms with Crippen LogP contribution in [0.25, 0.3) is 16.6 Å². The van der Waals surface area contributed by atoms with E-state index in [2.05, 4.69) is 15.2 Å². The van der Waals surface area contributed by atoms with E-state index >= 15 is 0 Å². The molecule has 78 valence electrons. The van der Waals surface area contributed by atoms with Gasteiger partial charge in [-0.25, -0.2) is 0 Å². The summed E-state index contributed by atoms with van der Waals surface area (Å²) < 4.78 is 0. The molecule has 3 aromatic rings. The SMILES string of the molecule is O=c1cc[nH]c2ccc(-n3nccn3)cc12. The normalized spacial score (nSPS) is 10.8. The molecule has 0 spiro atoms. The van der Waals surface area contributed by atoms with Gasteiger partial charge in [-0.3, -0.25) is 4.79 Å². The number of nitrogens with one attached hydrogen (secondary N) is 1.